The van der Waals surface area contributed by atoms with Crippen LogP contribution in [0, 0.1) is 12.8 Å². The number of hydrogen-bond donors (Lipinski definition) is 0. The van der Waals surface area contributed by atoms with Crippen LogP contribution < -0.4 is 0 Å². The third kappa shape index (κ3) is 3.07. The lowest BCUT2D eigenvalue weighted by Gasteiger charge is -2.15. The lowest BCUT2D eigenvalue weighted by atomic mass is 10.1. The Hall–Kier alpha value is -0.290. The summed E-state index contributed by atoms with van der Waals surface area (Å²) in [5.41, 5.74) is 1.24. The first kappa shape index (κ1) is 13.7. The molecule has 100 valence electrons. The lowest BCUT2D eigenvalue weighted by molar-refractivity contribution is 0.794. The van der Waals surface area contributed by atoms with Crippen molar-refractivity contribution in [1.29, 1.82) is 0 Å². The Morgan fingerprint density at radius 3 is 2.53 bits per heavy atom. The number of benzene rings is 1. The molecule has 19 heavy (non-hydrogen) atoms. The molecular formula is C13H12Cl2N2S2. The molecule has 1 heterocycles. The summed E-state index contributed by atoms with van der Waals surface area (Å²) in [5, 5.41) is 9.46. The maximum absolute atomic E-state index is 6.24. The van der Waals surface area contributed by atoms with Crippen LogP contribution in [0.5, 0.6) is 0 Å². The zero-order valence-corrected chi connectivity index (χ0v) is 13.4. The molecule has 0 bridgehead atoms. The Bertz CT molecular complexity index is 571. The fourth-order valence-electron chi connectivity index (χ4n) is 2.02. The third-order valence-electron chi connectivity index (χ3n) is 3.10. The van der Waals surface area contributed by atoms with Crippen molar-refractivity contribution in [3.05, 3.63) is 40.9 Å². The van der Waals surface area contributed by atoms with E-state index in [0.29, 0.717) is 0 Å². The summed E-state index contributed by atoms with van der Waals surface area (Å²) < 4.78 is 0.384. The van der Waals surface area contributed by atoms with Crippen molar-refractivity contribution in [3.63, 3.8) is 0 Å². The Morgan fingerprint density at radius 2 is 2.00 bits per heavy atom. The number of aryl methyl sites for hydroxylation is 1. The van der Waals surface area contributed by atoms with E-state index in [1.165, 1.54) is 5.56 Å². The van der Waals surface area contributed by atoms with E-state index in [1.54, 1.807) is 23.1 Å². The lowest BCUT2D eigenvalue weighted by Crippen LogP contribution is -2.02. The topological polar surface area (TPSA) is 25.8 Å². The zero-order valence-electron chi connectivity index (χ0n) is 10.2. The number of hydrogen-bond acceptors (Lipinski definition) is 4. The minimum atomic E-state index is -0.590. The highest BCUT2D eigenvalue weighted by atomic mass is 35.5. The quantitative estimate of drug-likeness (QED) is 0.590. The molecule has 0 amide bonds. The van der Waals surface area contributed by atoms with Crippen LogP contribution >= 0.6 is 46.3 Å². The summed E-state index contributed by atoms with van der Waals surface area (Å²) >= 11 is 15.8. The predicted molar refractivity (Wildman–Crippen MR) is 82.2 cm³/mol. The molecule has 1 aromatic carbocycles. The average molecular weight is 331 g/mol. The first-order valence-electron chi connectivity index (χ1n) is 5.96. The summed E-state index contributed by atoms with van der Waals surface area (Å²) in [6, 6.07) is 10.3. The molecule has 1 fully saturated rings. The predicted octanol–water partition coefficient (Wildman–Crippen LogP) is 4.87. The number of rotatable bonds is 4. The molecule has 2 aromatic rings. The first-order valence-corrected chi connectivity index (χ1v) is 8.41. The Balaban J connectivity index is 1.85. The molecule has 0 N–H and O–H groups in total. The molecule has 1 aromatic heterocycles. The monoisotopic (exact) mass is 330 g/mol. The van der Waals surface area contributed by atoms with Gasteiger partial charge in [0.2, 0.25) is 0 Å². The van der Waals surface area contributed by atoms with E-state index in [4.69, 9.17) is 23.2 Å². The zero-order chi connectivity index (χ0) is 13.5. The number of thioether (sulfide) groups is 1. The Morgan fingerprint density at radius 1 is 1.32 bits per heavy atom. The molecule has 1 saturated carbocycles. The van der Waals surface area contributed by atoms with Gasteiger partial charge in [0.1, 0.15) is 9.34 Å². The average Bonchev–Trinajstić information content (AvgIpc) is 2.81. The third-order valence-corrected chi connectivity index (χ3v) is 6.28. The summed E-state index contributed by atoms with van der Waals surface area (Å²) in [7, 11) is 0. The van der Waals surface area contributed by atoms with E-state index in [0.717, 1.165) is 15.8 Å². The van der Waals surface area contributed by atoms with Crippen molar-refractivity contribution in [3.8, 4) is 0 Å². The maximum Gasteiger partial charge on any atom is 0.174 e. The van der Waals surface area contributed by atoms with Crippen molar-refractivity contribution in [2.24, 2.45) is 5.92 Å². The van der Waals surface area contributed by atoms with Crippen LogP contribution in [-0.2, 0) is 0 Å². The maximum atomic E-state index is 6.24. The van der Waals surface area contributed by atoms with Gasteiger partial charge in [0.25, 0.3) is 0 Å². The second-order valence-corrected chi connectivity index (χ2v) is 8.72. The van der Waals surface area contributed by atoms with E-state index < -0.39 is 4.33 Å². The standard InChI is InChI=1S/C13H12Cl2N2S2/c1-8-16-17-12(18-8)19-11(10-7-13(10,14)15)9-5-3-2-4-6-9/h2-6,10-11H,7H2,1H3. The second kappa shape index (κ2) is 5.24. The molecule has 0 saturated heterocycles. The highest BCUT2D eigenvalue weighted by Crippen LogP contribution is 2.63. The van der Waals surface area contributed by atoms with Crippen LogP contribution in [-0.4, -0.2) is 14.5 Å². The SMILES string of the molecule is Cc1nnc(SC(c2ccccc2)C2CC2(Cl)Cl)s1. The van der Waals surface area contributed by atoms with E-state index in [-0.39, 0.29) is 11.2 Å². The fourth-order valence-corrected chi connectivity index (χ4v) is 5.13. The van der Waals surface area contributed by atoms with Crippen molar-refractivity contribution in [1.82, 2.24) is 10.2 Å². The van der Waals surface area contributed by atoms with Crippen LogP contribution in [0.15, 0.2) is 34.7 Å². The van der Waals surface area contributed by atoms with Crippen LogP contribution in [0.3, 0.4) is 0 Å². The van der Waals surface area contributed by atoms with Gasteiger partial charge in [-0.2, -0.15) is 0 Å². The van der Waals surface area contributed by atoms with E-state index in [1.807, 2.05) is 25.1 Å². The smallest absolute Gasteiger partial charge is 0.143 e. The van der Waals surface area contributed by atoms with E-state index in [9.17, 15) is 0 Å². The Kier molecular flexibility index (Phi) is 3.78. The van der Waals surface area contributed by atoms with Gasteiger partial charge in [-0.25, -0.2) is 0 Å². The molecule has 0 spiro atoms. The summed E-state index contributed by atoms with van der Waals surface area (Å²) in [4.78, 5) is 0. The molecule has 0 aliphatic heterocycles. The van der Waals surface area contributed by atoms with Gasteiger partial charge in [0.05, 0.1) is 0 Å². The highest BCUT2D eigenvalue weighted by molar-refractivity contribution is 8.01. The van der Waals surface area contributed by atoms with Gasteiger partial charge in [-0.1, -0.05) is 53.4 Å². The van der Waals surface area contributed by atoms with Gasteiger partial charge in [-0.15, -0.1) is 33.4 Å². The summed E-state index contributed by atoms with van der Waals surface area (Å²) in [5.74, 6) is 0.271. The number of aromatic nitrogens is 2. The van der Waals surface area contributed by atoms with Crippen LogP contribution in [0.1, 0.15) is 22.2 Å². The van der Waals surface area contributed by atoms with E-state index >= 15 is 0 Å². The molecule has 2 atom stereocenters. The van der Waals surface area contributed by atoms with Crippen molar-refractivity contribution in [2.75, 3.05) is 0 Å². The summed E-state index contributed by atoms with van der Waals surface area (Å²) in [6.07, 6.45) is 0.834. The number of nitrogens with zero attached hydrogens (tertiary/aromatic N) is 2. The minimum Gasteiger partial charge on any atom is -0.143 e. The second-order valence-electron chi connectivity index (χ2n) is 4.61. The van der Waals surface area contributed by atoms with Crippen molar-refractivity contribution < 1.29 is 0 Å². The molecule has 1 aliphatic rings. The highest BCUT2D eigenvalue weighted by Gasteiger charge is 2.56. The van der Waals surface area contributed by atoms with Crippen LogP contribution in [0.2, 0.25) is 0 Å². The summed E-state index contributed by atoms with van der Waals surface area (Å²) in [6.45, 7) is 1.96. The molecule has 2 nitrogen and oxygen atoms in total. The van der Waals surface area contributed by atoms with Crippen LogP contribution in [0.4, 0.5) is 0 Å². The van der Waals surface area contributed by atoms with E-state index in [2.05, 4.69) is 22.3 Å². The van der Waals surface area contributed by atoms with Gasteiger partial charge in [-0.3, -0.25) is 0 Å². The minimum absolute atomic E-state index is 0.239. The molecule has 2 unspecified atom stereocenters. The van der Waals surface area contributed by atoms with Crippen molar-refractivity contribution >= 4 is 46.3 Å². The molecule has 0 radical (unpaired) electrons. The largest absolute Gasteiger partial charge is 0.174 e. The normalized spacial score (nSPS) is 22.2. The number of alkyl halides is 2. The number of halogens is 2. The Labute approximate surface area is 130 Å². The molecule has 1 aliphatic carbocycles. The van der Waals surface area contributed by atoms with Gasteiger partial charge < -0.3 is 0 Å². The van der Waals surface area contributed by atoms with Crippen molar-refractivity contribution in [2.45, 2.75) is 27.3 Å². The first-order chi connectivity index (χ1) is 9.06. The van der Waals surface area contributed by atoms with Gasteiger partial charge in [-0.05, 0) is 18.9 Å². The fraction of sp³-hybridized carbons (Fsp3) is 0.385. The van der Waals surface area contributed by atoms with Gasteiger partial charge >= 0.3 is 0 Å². The molecular weight excluding hydrogens is 319 g/mol. The molecule has 6 heteroatoms. The van der Waals surface area contributed by atoms with Crippen LogP contribution in [0.25, 0.3) is 0 Å². The van der Waals surface area contributed by atoms with Gasteiger partial charge in [0, 0.05) is 11.2 Å². The van der Waals surface area contributed by atoms with Gasteiger partial charge in [0.15, 0.2) is 4.34 Å². The molecule has 3 rings (SSSR count).